The van der Waals surface area contributed by atoms with Gasteiger partial charge >= 0.3 is 0 Å². The van der Waals surface area contributed by atoms with E-state index in [1.54, 1.807) is 25.4 Å². The summed E-state index contributed by atoms with van der Waals surface area (Å²) in [4.78, 5) is 16.7. The number of hydrogen-bond acceptors (Lipinski definition) is 6. The van der Waals surface area contributed by atoms with Gasteiger partial charge in [0, 0.05) is 44.3 Å². The second-order valence-electron chi connectivity index (χ2n) is 5.00. The van der Waals surface area contributed by atoms with Crippen molar-refractivity contribution in [1.29, 1.82) is 0 Å². The fourth-order valence-corrected chi connectivity index (χ4v) is 2.79. The van der Waals surface area contributed by atoms with Crippen LogP contribution in [-0.4, -0.2) is 73.5 Å². The van der Waals surface area contributed by atoms with Crippen molar-refractivity contribution in [3.05, 3.63) is 18.5 Å². The summed E-state index contributed by atoms with van der Waals surface area (Å²) in [6.45, 7) is 4.79. The Morgan fingerprint density at radius 3 is 2.50 bits per heavy atom. The lowest BCUT2D eigenvalue weighted by molar-refractivity contribution is 0.378. The molecule has 0 atom stereocenters. The topological polar surface area (TPSA) is 105 Å². The number of aromatic nitrogens is 2. The Balaban J connectivity index is 1.83. The lowest BCUT2D eigenvalue weighted by Crippen LogP contribution is -2.51. The van der Waals surface area contributed by atoms with Crippen molar-refractivity contribution in [2.75, 3.05) is 49.1 Å². The SMILES string of the molecule is CCS(=O)(=O)CCN=C(N)N1CCN(c2ncccn2)CC1. The van der Waals surface area contributed by atoms with Crippen LogP contribution < -0.4 is 10.6 Å². The summed E-state index contributed by atoms with van der Waals surface area (Å²) in [6.07, 6.45) is 3.44. The molecule has 8 nitrogen and oxygen atoms in total. The normalized spacial score (nSPS) is 16.9. The summed E-state index contributed by atoms with van der Waals surface area (Å²) in [6, 6.07) is 1.79. The molecule has 2 N–H and O–H groups in total. The number of guanidine groups is 1. The Bertz CT molecular complexity index is 596. The maximum Gasteiger partial charge on any atom is 0.225 e. The minimum absolute atomic E-state index is 0.0437. The quantitative estimate of drug-likeness (QED) is 0.566. The summed E-state index contributed by atoms with van der Waals surface area (Å²) < 4.78 is 22.8. The fraction of sp³-hybridized carbons (Fsp3) is 0.615. The number of nitrogens with zero attached hydrogens (tertiary/aromatic N) is 5. The van der Waals surface area contributed by atoms with Crippen LogP contribution in [0.4, 0.5) is 5.95 Å². The maximum absolute atomic E-state index is 11.4. The van der Waals surface area contributed by atoms with E-state index in [1.165, 1.54) is 0 Å². The average Bonchev–Trinajstić information content (AvgIpc) is 2.55. The molecule has 1 aromatic rings. The van der Waals surface area contributed by atoms with Crippen LogP contribution in [0.5, 0.6) is 0 Å². The Hall–Kier alpha value is -1.90. The summed E-state index contributed by atoms with van der Waals surface area (Å²) in [5.41, 5.74) is 5.93. The predicted octanol–water partition coefficient (Wildman–Crippen LogP) is -0.652. The van der Waals surface area contributed by atoms with E-state index in [1.807, 2.05) is 4.90 Å². The first kappa shape index (κ1) is 16.5. The monoisotopic (exact) mass is 326 g/mol. The molecule has 2 heterocycles. The van der Waals surface area contributed by atoms with Gasteiger partial charge in [0.15, 0.2) is 15.8 Å². The predicted molar refractivity (Wildman–Crippen MR) is 86.6 cm³/mol. The molecule has 0 bridgehead atoms. The highest BCUT2D eigenvalue weighted by atomic mass is 32.2. The number of rotatable bonds is 5. The van der Waals surface area contributed by atoms with Crippen LogP contribution in [-0.2, 0) is 9.84 Å². The number of nitrogens with two attached hydrogens (primary N) is 1. The molecule has 0 spiro atoms. The van der Waals surface area contributed by atoms with E-state index in [4.69, 9.17) is 5.73 Å². The summed E-state index contributed by atoms with van der Waals surface area (Å²) >= 11 is 0. The van der Waals surface area contributed by atoms with Gasteiger partial charge in [-0.15, -0.1) is 0 Å². The minimum atomic E-state index is -3.00. The third kappa shape index (κ3) is 4.55. The average molecular weight is 326 g/mol. The molecule has 0 aromatic carbocycles. The fourth-order valence-electron chi connectivity index (χ4n) is 2.13. The molecule has 1 aromatic heterocycles. The third-order valence-corrected chi connectivity index (χ3v) is 5.24. The minimum Gasteiger partial charge on any atom is -0.370 e. The molecule has 22 heavy (non-hydrogen) atoms. The Kier molecular flexibility index (Phi) is 5.53. The van der Waals surface area contributed by atoms with Crippen LogP contribution in [0.3, 0.4) is 0 Å². The van der Waals surface area contributed by atoms with Crippen LogP contribution in [0.15, 0.2) is 23.5 Å². The van der Waals surface area contributed by atoms with Crippen molar-refractivity contribution in [2.24, 2.45) is 10.7 Å². The van der Waals surface area contributed by atoms with Gasteiger partial charge in [-0.25, -0.2) is 18.4 Å². The van der Waals surface area contributed by atoms with Crippen molar-refractivity contribution in [3.8, 4) is 0 Å². The molecular weight excluding hydrogens is 304 g/mol. The van der Waals surface area contributed by atoms with Crippen LogP contribution in [0, 0.1) is 0 Å². The molecule has 9 heteroatoms. The van der Waals surface area contributed by atoms with E-state index in [0.717, 1.165) is 13.1 Å². The van der Waals surface area contributed by atoms with E-state index in [2.05, 4.69) is 19.9 Å². The summed E-state index contributed by atoms with van der Waals surface area (Å²) in [7, 11) is -3.00. The van der Waals surface area contributed by atoms with Crippen LogP contribution >= 0.6 is 0 Å². The van der Waals surface area contributed by atoms with Gasteiger partial charge < -0.3 is 15.5 Å². The van der Waals surface area contributed by atoms with Gasteiger partial charge in [-0.3, -0.25) is 4.99 Å². The lowest BCUT2D eigenvalue weighted by Gasteiger charge is -2.35. The first-order valence-electron chi connectivity index (χ1n) is 7.29. The van der Waals surface area contributed by atoms with Crippen molar-refractivity contribution < 1.29 is 8.42 Å². The van der Waals surface area contributed by atoms with Gasteiger partial charge in [-0.1, -0.05) is 6.92 Å². The second kappa shape index (κ2) is 7.39. The number of sulfone groups is 1. The number of piperazine rings is 1. The van der Waals surface area contributed by atoms with Gasteiger partial charge in [0.25, 0.3) is 0 Å². The number of hydrogen-bond donors (Lipinski definition) is 1. The molecule has 1 fully saturated rings. The van der Waals surface area contributed by atoms with Crippen molar-refractivity contribution in [3.63, 3.8) is 0 Å². The van der Waals surface area contributed by atoms with Crippen LogP contribution in [0.2, 0.25) is 0 Å². The van der Waals surface area contributed by atoms with Crippen molar-refractivity contribution >= 4 is 21.7 Å². The molecule has 0 aliphatic carbocycles. The van der Waals surface area contributed by atoms with Gasteiger partial charge in [0.2, 0.25) is 5.95 Å². The van der Waals surface area contributed by atoms with Crippen molar-refractivity contribution in [2.45, 2.75) is 6.92 Å². The standard InChI is InChI=1S/C13H22N6O2S/c1-2-22(20,21)11-6-15-12(14)18-7-9-19(10-8-18)13-16-4-3-5-17-13/h3-5H,2,6-11H2,1H3,(H2,14,15). The highest BCUT2D eigenvalue weighted by Crippen LogP contribution is 2.09. The highest BCUT2D eigenvalue weighted by Gasteiger charge is 2.19. The molecule has 0 unspecified atom stereocenters. The summed E-state index contributed by atoms with van der Waals surface area (Å²) in [5, 5.41) is 0. The molecule has 1 aliphatic rings. The van der Waals surface area contributed by atoms with E-state index in [9.17, 15) is 8.42 Å². The Labute approximate surface area is 131 Å². The molecule has 1 aliphatic heterocycles. The smallest absolute Gasteiger partial charge is 0.225 e. The first-order valence-corrected chi connectivity index (χ1v) is 9.11. The number of aliphatic imine (C=N–C) groups is 1. The summed E-state index contributed by atoms with van der Waals surface area (Å²) in [5.74, 6) is 1.30. The molecule has 122 valence electrons. The Morgan fingerprint density at radius 1 is 1.27 bits per heavy atom. The highest BCUT2D eigenvalue weighted by molar-refractivity contribution is 7.91. The second-order valence-corrected chi connectivity index (χ2v) is 7.47. The van der Waals surface area contributed by atoms with E-state index >= 15 is 0 Å². The molecule has 2 rings (SSSR count). The molecule has 1 saturated heterocycles. The molecule has 0 amide bonds. The van der Waals surface area contributed by atoms with Gasteiger partial charge in [-0.2, -0.15) is 0 Å². The lowest BCUT2D eigenvalue weighted by atomic mass is 10.3. The van der Waals surface area contributed by atoms with Gasteiger partial charge in [-0.05, 0) is 6.07 Å². The van der Waals surface area contributed by atoms with Crippen LogP contribution in [0.1, 0.15) is 6.92 Å². The van der Waals surface area contributed by atoms with Crippen molar-refractivity contribution in [1.82, 2.24) is 14.9 Å². The zero-order valence-electron chi connectivity index (χ0n) is 12.7. The first-order chi connectivity index (χ1) is 10.5. The van der Waals surface area contributed by atoms with Gasteiger partial charge in [0.1, 0.15) is 0 Å². The van der Waals surface area contributed by atoms with E-state index in [0.29, 0.717) is 25.0 Å². The molecular formula is C13H22N6O2S. The van der Waals surface area contributed by atoms with E-state index < -0.39 is 9.84 Å². The maximum atomic E-state index is 11.4. The third-order valence-electron chi connectivity index (χ3n) is 3.55. The largest absolute Gasteiger partial charge is 0.370 e. The zero-order chi connectivity index (χ0) is 16.0. The van der Waals surface area contributed by atoms with E-state index in [-0.39, 0.29) is 18.1 Å². The molecule has 0 radical (unpaired) electrons. The Morgan fingerprint density at radius 2 is 1.91 bits per heavy atom. The van der Waals surface area contributed by atoms with Crippen LogP contribution in [0.25, 0.3) is 0 Å². The molecule has 0 saturated carbocycles. The van der Waals surface area contributed by atoms with Gasteiger partial charge in [0.05, 0.1) is 12.3 Å². The zero-order valence-corrected chi connectivity index (χ0v) is 13.5. The number of anilines is 1.